The van der Waals surface area contributed by atoms with Crippen molar-refractivity contribution in [2.24, 2.45) is 0 Å². The maximum atomic E-state index is 13.5. The van der Waals surface area contributed by atoms with Crippen LogP contribution in [0.3, 0.4) is 0 Å². The van der Waals surface area contributed by atoms with Gasteiger partial charge in [-0.3, -0.25) is 10.2 Å². The Kier molecular flexibility index (Phi) is 7.68. The highest BCUT2D eigenvalue weighted by molar-refractivity contribution is 6.31. The monoisotopic (exact) mass is 475 g/mol. The molecule has 3 N–H and O–H groups in total. The smallest absolute Gasteiger partial charge is 0.416 e. The Balaban J connectivity index is 2.14. The molecule has 0 bridgehead atoms. The molecule has 0 saturated heterocycles. The molecule has 0 spiro atoms. The van der Waals surface area contributed by atoms with Crippen molar-refractivity contribution >= 4 is 29.5 Å². The zero-order chi connectivity index (χ0) is 24.2. The number of alkyl halides is 3. The summed E-state index contributed by atoms with van der Waals surface area (Å²) in [5, 5.41) is 12.4. The lowest BCUT2D eigenvalue weighted by molar-refractivity contribution is -0.137. The van der Waals surface area contributed by atoms with E-state index in [4.69, 9.17) is 16.7 Å². The summed E-state index contributed by atoms with van der Waals surface area (Å²) in [4.78, 5) is 35.8. The quantitative estimate of drug-likeness (QED) is 0.433. The van der Waals surface area contributed by atoms with Crippen LogP contribution < -0.4 is 10.7 Å². The van der Waals surface area contributed by atoms with Crippen LogP contribution in [0.25, 0.3) is 0 Å². The molecule has 2 aromatic rings. The first-order chi connectivity index (χ1) is 14.8. The lowest BCUT2D eigenvalue weighted by atomic mass is 10.1. The molecular formula is C20H18ClF4N3O4. The fraction of sp³-hybridized carbons (Fsp3) is 0.250. The molecule has 0 heterocycles. The van der Waals surface area contributed by atoms with Gasteiger partial charge in [-0.25, -0.2) is 19.0 Å². The average molecular weight is 476 g/mol. The molecule has 2 aromatic carbocycles. The molecule has 0 fully saturated rings. The van der Waals surface area contributed by atoms with E-state index < -0.39 is 47.1 Å². The third-order valence-corrected chi connectivity index (χ3v) is 4.67. The fourth-order valence-corrected chi connectivity index (χ4v) is 3.04. The molecule has 0 unspecified atom stereocenters. The molecule has 0 radical (unpaired) electrons. The van der Waals surface area contributed by atoms with E-state index in [2.05, 4.69) is 10.7 Å². The van der Waals surface area contributed by atoms with Crippen LogP contribution in [0.5, 0.6) is 0 Å². The zero-order valence-corrected chi connectivity index (χ0v) is 17.5. The number of nitrogens with one attached hydrogen (secondary N) is 2. The molecule has 0 aliphatic heterocycles. The second kappa shape index (κ2) is 9.86. The van der Waals surface area contributed by atoms with Crippen LogP contribution in [-0.4, -0.2) is 34.6 Å². The Morgan fingerprint density at radius 1 is 1.12 bits per heavy atom. The highest BCUT2D eigenvalue weighted by Gasteiger charge is 2.32. The lowest BCUT2D eigenvalue weighted by Crippen LogP contribution is -2.51. The summed E-state index contributed by atoms with van der Waals surface area (Å²) in [5.74, 6) is -3.56. The number of carbonyl (C=O) groups is 3. The minimum absolute atomic E-state index is 0.0481. The minimum Gasteiger partial charge on any atom is -0.478 e. The normalized spacial score (nSPS) is 12.1. The third-order valence-electron chi connectivity index (χ3n) is 4.34. The number of nitrogens with zero attached hydrogens (tertiary/aromatic N) is 1. The molecule has 0 aromatic heterocycles. The van der Waals surface area contributed by atoms with E-state index in [9.17, 15) is 31.9 Å². The van der Waals surface area contributed by atoms with Gasteiger partial charge in [-0.05, 0) is 49.7 Å². The van der Waals surface area contributed by atoms with Crippen molar-refractivity contribution in [1.29, 1.82) is 0 Å². The number of carboxylic acids is 1. The highest BCUT2D eigenvalue weighted by Crippen LogP contribution is 2.30. The second-order valence-corrected chi connectivity index (χ2v) is 7.03. The Morgan fingerprint density at radius 3 is 2.31 bits per heavy atom. The summed E-state index contributed by atoms with van der Waals surface area (Å²) >= 11 is 6.07. The van der Waals surface area contributed by atoms with E-state index in [0.717, 1.165) is 5.01 Å². The van der Waals surface area contributed by atoms with Crippen LogP contribution in [0, 0.1) is 5.82 Å². The number of hydrogen-bond donors (Lipinski definition) is 3. The van der Waals surface area contributed by atoms with E-state index in [1.165, 1.54) is 25.1 Å². The standard InChI is InChI=1S/C20H18ClF4N3O4/c1-3-28(27-17(29)12-6-13(20(23,24)25)9-14(22)7-12)19(32)26-10(2)15-5-4-11(18(30)31)8-16(15)21/h4-10H,3H2,1-2H3,(H,26,32)(H,27,29)(H,30,31)/t10-/m1/s1. The number of hydrogen-bond acceptors (Lipinski definition) is 3. The predicted octanol–water partition coefficient (Wildman–Crippen LogP) is 4.63. The first kappa shape index (κ1) is 24.9. The van der Waals surface area contributed by atoms with E-state index >= 15 is 0 Å². The largest absolute Gasteiger partial charge is 0.478 e. The van der Waals surface area contributed by atoms with Gasteiger partial charge in [-0.1, -0.05) is 17.7 Å². The number of hydrazine groups is 1. The Hall–Kier alpha value is -3.34. The summed E-state index contributed by atoms with van der Waals surface area (Å²) < 4.78 is 52.1. The Morgan fingerprint density at radius 2 is 1.78 bits per heavy atom. The van der Waals surface area contributed by atoms with Gasteiger partial charge in [-0.15, -0.1) is 0 Å². The van der Waals surface area contributed by atoms with Crippen LogP contribution >= 0.6 is 11.6 Å². The third kappa shape index (κ3) is 6.10. The number of rotatable bonds is 5. The van der Waals surface area contributed by atoms with Crippen LogP contribution in [0.4, 0.5) is 22.4 Å². The molecule has 2 rings (SSSR count). The molecule has 0 aliphatic carbocycles. The van der Waals surface area contributed by atoms with E-state index in [1.54, 1.807) is 6.92 Å². The predicted molar refractivity (Wildman–Crippen MR) is 107 cm³/mol. The van der Waals surface area contributed by atoms with Gasteiger partial charge in [0.05, 0.1) is 17.2 Å². The van der Waals surface area contributed by atoms with Crippen LogP contribution in [-0.2, 0) is 6.18 Å². The van der Waals surface area contributed by atoms with Crippen LogP contribution in [0.1, 0.15) is 51.7 Å². The van der Waals surface area contributed by atoms with Crippen molar-refractivity contribution < 1.29 is 37.1 Å². The van der Waals surface area contributed by atoms with Gasteiger partial charge >= 0.3 is 18.2 Å². The summed E-state index contributed by atoms with van der Waals surface area (Å²) in [5.41, 5.74) is 0.504. The number of aromatic carboxylic acids is 1. The Labute approximate surface area is 184 Å². The number of urea groups is 1. The van der Waals surface area contributed by atoms with E-state index in [0.29, 0.717) is 17.7 Å². The van der Waals surface area contributed by atoms with Crippen molar-refractivity contribution in [3.63, 3.8) is 0 Å². The molecule has 0 aliphatic rings. The van der Waals surface area contributed by atoms with Gasteiger partial charge in [0.1, 0.15) is 5.82 Å². The van der Waals surface area contributed by atoms with Crippen molar-refractivity contribution in [3.05, 3.63) is 69.5 Å². The van der Waals surface area contributed by atoms with Crippen molar-refractivity contribution in [1.82, 2.24) is 15.8 Å². The van der Waals surface area contributed by atoms with Gasteiger partial charge in [0.2, 0.25) is 0 Å². The first-order valence-electron chi connectivity index (χ1n) is 9.13. The minimum atomic E-state index is -4.86. The fourth-order valence-electron chi connectivity index (χ4n) is 2.70. The van der Waals surface area contributed by atoms with Crippen LogP contribution in [0.2, 0.25) is 5.02 Å². The molecule has 3 amide bonds. The Bertz CT molecular complexity index is 1050. The van der Waals surface area contributed by atoms with E-state index in [-0.39, 0.29) is 23.2 Å². The summed E-state index contributed by atoms with van der Waals surface area (Å²) in [6.07, 6.45) is -4.86. The molecule has 32 heavy (non-hydrogen) atoms. The molecular weight excluding hydrogens is 458 g/mol. The van der Waals surface area contributed by atoms with Gasteiger partial charge < -0.3 is 10.4 Å². The maximum absolute atomic E-state index is 13.5. The number of amides is 3. The summed E-state index contributed by atoms with van der Waals surface area (Å²) in [6.45, 7) is 2.97. The summed E-state index contributed by atoms with van der Waals surface area (Å²) in [7, 11) is 0. The maximum Gasteiger partial charge on any atom is 0.416 e. The molecule has 7 nitrogen and oxygen atoms in total. The second-order valence-electron chi connectivity index (χ2n) is 6.62. The molecule has 172 valence electrons. The number of benzene rings is 2. The molecule has 1 atom stereocenters. The topological polar surface area (TPSA) is 98.7 Å². The van der Waals surface area contributed by atoms with Crippen molar-refractivity contribution in [2.45, 2.75) is 26.1 Å². The average Bonchev–Trinajstić information content (AvgIpc) is 2.70. The van der Waals surface area contributed by atoms with Crippen molar-refractivity contribution in [2.75, 3.05) is 6.54 Å². The zero-order valence-electron chi connectivity index (χ0n) is 16.8. The lowest BCUT2D eigenvalue weighted by Gasteiger charge is -2.25. The van der Waals surface area contributed by atoms with Gasteiger partial charge in [-0.2, -0.15) is 13.2 Å². The highest BCUT2D eigenvalue weighted by atomic mass is 35.5. The SMILES string of the molecule is CCN(NC(=O)c1cc(F)cc(C(F)(F)F)c1)C(=O)N[C@H](C)c1ccc(C(=O)O)cc1Cl. The van der Waals surface area contributed by atoms with Gasteiger partial charge in [0.25, 0.3) is 5.91 Å². The number of halogens is 5. The number of carboxylic acid groups (broad SMARTS) is 1. The van der Waals surface area contributed by atoms with E-state index in [1.807, 2.05) is 0 Å². The first-order valence-corrected chi connectivity index (χ1v) is 9.50. The van der Waals surface area contributed by atoms with Crippen molar-refractivity contribution in [3.8, 4) is 0 Å². The number of carbonyl (C=O) groups excluding carboxylic acids is 2. The van der Waals surface area contributed by atoms with Crippen LogP contribution in [0.15, 0.2) is 36.4 Å². The van der Waals surface area contributed by atoms with Gasteiger partial charge in [0.15, 0.2) is 0 Å². The molecule has 12 heteroatoms. The van der Waals surface area contributed by atoms with Gasteiger partial charge in [0, 0.05) is 17.1 Å². The summed E-state index contributed by atoms with van der Waals surface area (Å²) in [6, 6.07) is 3.73. The molecule has 0 saturated carbocycles.